The number of fused-ring (bicyclic) bond motifs is 1. The first-order valence-electron chi connectivity index (χ1n) is 9.21. The molecular weight excluding hydrogens is 312 g/mol. The van der Waals surface area contributed by atoms with Gasteiger partial charge in [0, 0.05) is 43.6 Å². The molecule has 25 heavy (non-hydrogen) atoms. The van der Waals surface area contributed by atoms with Crippen molar-refractivity contribution in [2.75, 3.05) is 31.5 Å². The van der Waals surface area contributed by atoms with Crippen LogP contribution in [0.15, 0.2) is 24.3 Å². The first-order chi connectivity index (χ1) is 12.3. The Morgan fingerprint density at radius 1 is 1.08 bits per heavy atom. The summed E-state index contributed by atoms with van der Waals surface area (Å²) in [6, 6.07) is 11.1. The first kappa shape index (κ1) is 16.2. The second-order valence-electron chi connectivity index (χ2n) is 6.96. The average Bonchev–Trinajstić information content (AvgIpc) is 2.69. The number of benzene rings is 1. The second kappa shape index (κ2) is 7.34. The van der Waals surface area contributed by atoms with Gasteiger partial charge in [0.1, 0.15) is 11.9 Å². The largest absolute Gasteiger partial charge is 0.367 e. The Morgan fingerprint density at radius 3 is 2.60 bits per heavy atom. The molecule has 2 fully saturated rings. The van der Waals surface area contributed by atoms with E-state index in [0.717, 1.165) is 48.7 Å². The predicted octanol–water partition coefficient (Wildman–Crippen LogP) is 2.13. The predicted molar refractivity (Wildman–Crippen MR) is 98.4 cm³/mol. The van der Waals surface area contributed by atoms with Gasteiger partial charge in [-0.15, -0.1) is 0 Å². The van der Waals surface area contributed by atoms with E-state index in [1.807, 2.05) is 24.3 Å². The van der Waals surface area contributed by atoms with Crippen molar-refractivity contribution in [3.8, 4) is 6.07 Å². The lowest BCUT2D eigenvalue weighted by atomic mass is 9.89. The molecule has 1 aliphatic carbocycles. The number of hydrogen-bond acceptors (Lipinski definition) is 6. The third-order valence-corrected chi connectivity index (χ3v) is 5.41. The highest BCUT2D eigenvalue weighted by molar-refractivity contribution is 5.89. The number of nitrogens with one attached hydrogen (secondary N) is 2. The quantitative estimate of drug-likeness (QED) is 0.894. The van der Waals surface area contributed by atoms with Crippen LogP contribution in [0.3, 0.4) is 0 Å². The summed E-state index contributed by atoms with van der Waals surface area (Å²) < 4.78 is 0. The van der Waals surface area contributed by atoms with Gasteiger partial charge in [-0.2, -0.15) is 5.26 Å². The summed E-state index contributed by atoms with van der Waals surface area (Å²) in [7, 11) is 0. The third-order valence-electron chi connectivity index (χ3n) is 5.41. The molecule has 1 saturated carbocycles. The molecule has 0 amide bonds. The van der Waals surface area contributed by atoms with Gasteiger partial charge >= 0.3 is 0 Å². The zero-order valence-electron chi connectivity index (χ0n) is 14.4. The van der Waals surface area contributed by atoms with Gasteiger partial charge in [0.2, 0.25) is 5.82 Å². The molecule has 1 aliphatic heterocycles. The van der Waals surface area contributed by atoms with Gasteiger partial charge < -0.3 is 10.6 Å². The summed E-state index contributed by atoms with van der Waals surface area (Å²) >= 11 is 0. The normalized spacial score (nSPS) is 24.8. The number of piperazine rings is 1. The maximum absolute atomic E-state index is 9.19. The molecule has 130 valence electrons. The van der Waals surface area contributed by atoms with Crippen molar-refractivity contribution in [1.29, 1.82) is 5.26 Å². The molecule has 0 bridgehead atoms. The minimum Gasteiger partial charge on any atom is -0.367 e. The lowest BCUT2D eigenvalue weighted by Crippen LogP contribution is -2.50. The summed E-state index contributed by atoms with van der Waals surface area (Å²) in [5.41, 5.74) is 0.825. The van der Waals surface area contributed by atoms with Crippen LogP contribution in [0.5, 0.6) is 0 Å². The molecular formula is C19H24N6. The highest BCUT2D eigenvalue weighted by Crippen LogP contribution is 2.28. The minimum absolute atomic E-state index is 0.232. The average molecular weight is 336 g/mol. The van der Waals surface area contributed by atoms with Gasteiger partial charge in [0.25, 0.3) is 0 Å². The van der Waals surface area contributed by atoms with Crippen LogP contribution in [0.2, 0.25) is 0 Å². The summed E-state index contributed by atoms with van der Waals surface area (Å²) in [4.78, 5) is 11.4. The number of nitriles is 1. The Hall–Kier alpha value is -2.23. The Morgan fingerprint density at radius 2 is 1.84 bits per heavy atom. The van der Waals surface area contributed by atoms with Crippen LogP contribution in [-0.4, -0.2) is 53.1 Å². The molecule has 0 spiro atoms. The first-order valence-corrected chi connectivity index (χ1v) is 9.21. The molecule has 6 nitrogen and oxygen atoms in total. The molecule has 2 N–H and O–H groups in total. The lowest BCUT2D eigenvalue weighted by molar-refractivity contribution is 0.135. The molecule has 1 saturated heterocycles. The Kier molecular flexibility index (Phi) is 4.77. The number of hydrogen-bond donors (Lipinski definition) is 2. The number of para-hydroxylation sites is 1. The van der Waals surface area contributed by atoms with Gasteiger partial charge in [0.05, 0.1) is 5.52 Å². The molecule has 2 aromatic rings. The van der Waals surface area contributed by atoms with Crippen molar-refractivity contribution in [3.05, 3.63) is 30.1 Å². The zero-order chi connectivity index (χ0) is 17.1. The molecule has 0 atom stereocenters. The van der Waals surface area contributed by atoms with Crippen LogP contribution < -0.4 is 10.6 Å². The van der Waals surface area contributed by atoms with E-state index in [1.165, 1.54) is 25.9 Å². The highest BCUT2D eigenvalue weighted by atomic mass is 15.2. The molecule has 0 unspecified atom stereocenters. The topological polar surface area (TPSA) is 76.9 Å². The third kappa shape index (κ3) is 3.58. The van der Waals surface area contributed by atoms with E-state index in [4.69, 9.17) is 0 Å². The lowest BCUT2D eigenvalue weighted by Gasteiger charge is -2.39. The molecule has 6 heteroatoms. The Balaban J connectivity index is 1.45. The van der Waals surface area contributed by atoms with Gasteiger partial charge in [0.15, 0.2) is 0 Å². The fourth-order valence-electron chi connectivity index (χ4n) is 4.06. The minimum atomic E-state index is 0.232. The van der Waals surface area contributed by atoms with E-state index >= 15 is 0 Å². The summed E-state index contributed by atoms with van der Waals surface area (Å²) in [6.45, 7) is 4.57. The van der Waals surface area contributed by atoms with Crippen LogP contribution in [0.4, 0.5) is 5.82 Å². The van der Waals surface area contributed by atoms with Gasteiger partial charge in [-0.1, -0.05) is 12.1 Å². The van der Waals surface area contributed by atoms with Crippen LogP contribution in [0.25, 0.3) is 10.9 Å². The van der Waals surface area contributed by atoms with Crippen LogP contribution in [-0.2, 0) is 0 Å². The SMILES string of the molecule is N#Cc1nc(NC2CCC(N3CCNCC3)CC2)c2ccccc2n1. The van der Waals surface area contributed by atoms with Crippen molar-refractivity contribution < 1.29 is 0 Å². The number of anilines is 1. The fourth-order valence-corrected chi connectivity index (χ4v) is 4.06. The highest BCUT2D eigenvalue weighted by Gasteiger charge is 2.27. The van der Waals surface area contributed by atoms with Crippen molar-refractivity contribution >= 4 is 16.7 Å². The van der Waals surface area contributed by atoms with E-state index in [-0.39, 0.29) is 5.82 Å². The Bertz CT molecular complexity index is 769. The van der Waals surface area contributed by atoms with Crippen molar-refractivity contribution in [3.63, 3.8) is 0 Å². The van der Waals surface area contributed by atoms with E-state index in [1.54, 1.807) is 0 Å². The summed E-state index contributed by atoms with van der Waals surface area (Å²) in [5.74, 6) is 1.03. The van der Waals surface area contributed by atoms with E-state index < -0.39 is 0 Å². The number of aromatic nitrogens is 2. The van der Waals surface area contributed by atoms with Gasteiger partial charge in [-0.05, 0) is 37.8 Å². The molecule has 1 aromatic carbocycles. The Labute approximate surface area is 148 Å². The molecule has 2 heterocycles. The summed E-state index contributed by atoms with van der Waals surface area (Å²) in [6.07, 6.45) is 4.75. The van der Waals surface area contributed by atoms with E-state index in [0.29, 0.717) is 6.04 Å². The van der Waals surface area contributed by atoms with Gasteiger partial charge in [-0.3, -0.25) is 4.90 Å². The van der Waals surface area contributed by atoms with Crippen molar-refractivity contribution in [2.24, 2.45) is 0 Å². The molecule has 1 aromatic heterocycles. The van der Waals surface area contributed by atoms with E-state index in [9.17, 15) is 5.26 Å². The maximum atomic E-state index is 9.19. The van der Waals surface area contributed by atoms with Crippen LogP contribution >= 0.6 is 0 Å². The fraction of sp³-hybridized carbons (Fsp3) is 0.526. The molecule has 4 rings (SSSR count). The van der Waals surface area contributed by atoms with Crippen LogP contribution in [0.1, 0.15) is 31.5 Å². The maximum Gasteiger partial charge on any atom is 0.234 e. The second-order valence-corrected chi connectivity index (χ2v) is 6.96. The number of nitrogens with zero attached hydrogens (tertiary/aromatic N) is 4. The van der Waals surface area contributed by atoms with Crippen LogP contribution in [0, 0.1) is 11.3 Å². The van der Waals surface area contributed by atoms with Crippen molar-refractivity contribution in [2.45, 2.75) is 37.8 Å². The zero-order valence-corrected chi connectivity index (χ0v) is 14.4. The monoisotopic (exact) mass is 336 g/mol. The number of rotatable bonds is 3. The summed E-state index contributed by atoms with van der Waals surface area (Å²) in [5, 5.41) is 17.2. The van der Waals surface area contributed by atoms with E-state index in [2.05, 4.69) is 31.6 Å². The molecule has 0 radical (unpaired) electrons. The molecule has 2 aliphatic rings. The smallest absolute Gasteiger partial charge is 0.234 e. The standard InChI is InChI=1S/C19H24N6/c20-13-18-23-17-4-2-1-3-16(17)19(24-18)22-14-5-7-15(8-6-14)25-11-9-21-10-12-25/h1-4,14-15,21H,5-12H2,(H,22,23,24). The van der Waals surface area contributed by atoms with Gasteiger partial charge in [-0.25, -0.2) is 9.97 Å². The van der Waals surface area contributed by atoms with Crippen molar-refractivity contribution in [1.82, 2.24) is 20.2 Å².